The van der Waals surface area contributed by atoms with Gasteiger partial charge in [-0.3, -0.25) is 9.82 Å². The molecule has 0 N–H and O–H groups in total. The van der Waals surface area contributed by atoms with Crippen LogP contribution in [0.2, 0.25) is 0 Å². The predicted molar refractivity (Wildman–Crippen MR) is 60.8 cm³/mol. The number of halogens is 1. The van der Waals surface area contributed by atoms with Crippen LogP contribution in [0.3, 0.4) is 0 Å². The summed E-state index contributed by atoms with van der Waals surface area (Å²) in [5.41, 5.74) is 1.25. The molecule has 2 aromatic rings. The summed E-state index contributed by atoms with van der Waals surface area (Å²) < 4.78 is 12.8. The van der Waals surface area contributed by atoms with E-state index in [-0.39, 0.29) is 11.4 Å². The third-order valence-corrected chi connectivity index (χ3v) is 2.26. The Balaban J connectivity index is 2.35. The fraction of sp³-hybridized carbons (Fsp3) is 0. The molecule has 0 fully saturated rings. The van der Waals surface area contributed by atoms with Crippen LogP contribution in [0.5, 0.6) is 0 Å². The minimum Gasteiger partial charge on any atom is -0.279 e. The molecule has 0 aliphatic rings. The summed E-state index contributed by atoms with van der Waals surface area (Å²) in [6.45, 7) is 0. The maximum Gasteiger partial charge on any atom is 0.369 e. The Morgan fingerprint density at radius 2 is 1.94 bits per heavy atom. The van der Waals surface area contributed by atoms with Crippen LogP contribution in [-0.4, -0.2) is 11.0 Å². The highest BCUT2D eigenvalue weighted by Gasteiger charge is 2.10. The lowest BCUT2D eigenvalue weighted by molar-refractivity contribution is 0.0508. The van der Waals surface area contributed by atoms with Crippen molar-refractivity contribution in [2.75, 3.05) is 0 Å². The van der Waals surface area contributed by atoms with E-state index < -0.39 is 5.97 Å². The van der Waals surface area contributed by atoms with E-state index in [4.69, 9.17) is 0 Å². The molecule has 1 aromatic carbocycles. The van der Waals surface area contributed by atoms with Crippen LogP contribution in [0, 0.1) is 10.7 Å². The lowest BCUT2D eigenvalue weighted by Gasteiger charge is -2.02. The number of aromatic nitrogens is 1. The van der Waals surface area contributed by atoms with Crippen molar-refractivity contribution >= 4 is 5.97 Å². The lowest BCUT2D eigenvalue weighted by Crippen LogP contribution is -2.01. The fourth-order valence-electron chi connectivity index (χ4n) is 1.42. The van der Waals surface area contributed by atoms with Gasteiger partial charge in [0.25, 0.3) is 0 Å². The number of hydrogen-bond acceptors (Lipinski definition) is 5. The van der Waals surface area contributed by atoms with E-state index in [0.717, 1.165) is 0 Å². The van der Waals surface area contributed by atoms with Gasteiger partial charge in [-0.2, -0.15) is 0 Å². The molecular formula is C12H7FN2O3. The molecular weight excluding hydrogens is 239 g/mol. The lowest BCUT2D eigenvalue weighted by atomic mass is 10.1. The molecule has 18 heavy (non-hydrogen) atoms. The summed E-state index contributed by atoms with van der Waals surface area (Å²) in [7, 11) is 0. The fourth-order valence-corrected chi connectivity index (χ4v) is 1.42. The normalized spacial score (nSPS) is 9.83. The number of carbonyl (C=O) groups is 1. The van der Waals surface area contributed by atoms with Crippen LogP contribution < -0.4 is 0 Å². The average molecular weight is 246 g/mol. The van der Waals surface area contributed by atoms with Gasteiger partial charge in [-0.25, -0.2) is 9.18 Å². The molecule has 5 nitrogen and oxygen atoms in total. The van der Waals surface area contributed by atoms with Gasteiger partial charge < -0.3 is 0 Å². The number of carbonyl (C=O) groups excluding carboxylic acids is 1. The van der Waals surface area contributed by atoms with Crippen molar-refractivity contribution in [3.8, 4) is 11.3 Å². The van der Waals surface area contributed by atoms with Crippen LogP contribution >= 0.6 is 0 Å². The molecule has 0 aliphatic heterocycles. The molecule has 0 bridgehead atoms. The highest BCUT2D eigenvalue weighted by molar-refractivity contribution is 5.90. The smallest absolute Gasteiger partial charge is 0.279 e. The first-order chi connectivity index (χ1) is 8.70. The third-order valence-electron chi connectivity index (χ3n) is 2.26. The number of benzene rings is 1. The summed E-state index contributed by atoms with van der Waals surface area (Å²) in [6, 6.07) is 8.46. The van der Waals surface area contributed by atoms with E-state index in [2.05, 4.69) is 15.2 Å². The van der Waals surface area contributed by atoms with E-state index in [0.29, 0.717) is 11.3 Å². The maximum absolute atomic E-state index is 12.8. The molecule has 0 saturated carbocycles. The van der Waals surface area contributed by atoms with Crippen molar-refractivity contribution in [2.24, 2.45) is 5.34 Å². The van der Waals surface area contributed by atoms with Crippen LogP contribution in [0.4, 0.5) is 4.39 Å². The van der Waals surface area contributed by atoms with Crippen molar-refractivity contribution in [1.29, 1.82) is 0 Å². The van der Waals surface area contributed by atoms with Crippen molar-refractivity contribution in [3.63, 3.8) is 0 Å². The first kappa shape index (κ1) is 11.8. The minimum absolute atomic E-state index is 0.143. The predicted octanol–water partition coefficient (Wildman–Crippen LogP) is 2.73. The van der Waals surface area contributed by atoms with Gasteiger partial charge in [0.05, 0.1) is 11.3 Å². The number of pyridine rings is 1. The van der Waals surface area contributed by atoms with Gasteiger partial charge in [-0.15, -0.1) is 4.91 Å². The Hall–Kier alpha value is -2.63. The Labute approximate surface area is 101 Å². The van der Waals surface area contributed by atoms with Crippen LogP contribution in [0.1, 0.15) is 10.4 Å². The summed E-state index contributed by atoms with van der Waals surface area (Å²) in [6.07, 6.45) is 1.39. The molecule has 1 heterocycles. The molecule has 0 spiro atoms. The number of rotatable bonds is 3. The second-order valence-electron chi connectivity index (χ2n) is 3.39. The summed E-state index contributed by atoms with van der Waals surface area (Å²) in [5.74, 6) is -1.23. The summed E-state index contributed by atoms with van der Waals surface area (Å²) >= 11 is 0. The quantitative estimate of drug-likeness (QED) is 0.616. The maximum atomic E-state index is 12.8. The van der Waals surface area contributed by atoms with Gasteiger partial charge in [0.2, 0.25) is 0 Å². The molecule has 90 valence electrons. The molecule has 1 aromatic heterocycles. The number of hydrogen-bond donors (Lipinski definition) is 0. The second kappa shape index (κ2) is 5.13. The van der Waals surface area contributed by atoms with Crippen LogP contribution in [0.15, 0.2) is 47.9 Å². The molecule has 0 saturated heterocycles. The molecule has 0 radical (unpaired) electrons. The van der Waals surface area contributed by atoms with Crippen molar-refractivity contribution in [1.82, 2.24) is 4.98 Å². The van der Waals surface area contributed by atoms with Crippen LogP contribution in [0.25, 0.3) is 11.3 Å². The molecule has 0 amide bonds. The van der Waals surface area contributed by atoms with Gasteiger partial charge in [0, 0.05) is 11.8 Å². The zero-order chi connectivity index (χ0) is 13.0. The Bertz CT molecular complexity index is 584. The zero-order valence-corrected chi connectivity index (χ0v) is 9.04. The highest BCUT2D eigenvalue weighted by atomic mass is 19.1. The Kier molecular flexibility index (Phi) is 3.38. The summed E-state index contributed by atoms with van der Waals surface area (Å²) in [4.78, 5) is 29.1. The van der Waals surface area contributed by atoms with E-state index in [1.165, 1.54) is 42.6 Å². The zero-order valence-electron chi connectivity index (χ0n) is 9.04. The van der Waals surface area contributed by atoms with Crippen molar-refractivity contribution in [3.05, 3.63) is 58.9 Å². The standard InChI is InChI=1S/C12H7FN2O3/c13-10-3-1-8(2-4-10)11-7-9(5-6-14-11)12(16)18-15-17/h1-7H. The van der Waals surface area contributed by atoms with Gasteiger partial charge in [-0.05, 0) is 36.4 Å². The van der Waals surface area contributed by atoms with E-state index in [1.807, 2.05) is 0 Å². The van der Waals surface area contributed by atoms with E-state index >= 15 is 0 Å². The molecule has 0 unspecified atom stereocenters. The van der Waals surface area contributed by atoms with Gasteiger partial charge in [0.1, 0.15) is 5.82 Å². The van der Waals surface area contributed by atoms with Gasteiger partial charge in [0.15, 0.2) is 5.34 Å². The topological polar surface area (TPSA) is 68.6 Å². The third kappa shape index (κ3) is 2.54. The molecule has 6 heteroatoms. The largest absolute Gasteiger partial charge is 0.369 e. The van der Waals surface area contributed by atoms with Crippen molar-refractivity contribution in [2.45, 2.75) is 0 Å². The minimum atomic E-state index is -0.865. The Morgan fingerprint density at radius 1 is 1.22 bits per heavy atom. The second-order valence-corrected chi connectivity index (χ2v) is 3.39. The van der Waals surface area contributed by atoms with E-state index in [9.17, 15) is 14.1 Å². The Morgan fingerprint density at radius 3 is 2.61 bits per heavy atom. The highest BCUT2D eigenvalue weighted by Crippen LogP contribution is 2.18. The molecule has 0 atom stereocenters. The molecule has 2 rings (SSSR count). The SMILES string of the molecule is O=NOC(=O)c1ccnc(-c2ccc(F)cc2)c1. The van der Waals surface area contributed by atoms with Crippen molar-refractivity contribution < 1.29 is 14.0 Å². The monoisotopic (exact) mass is 246 g/mol. The first-order valence-electron chi connectivity index (χ1n) is 4.96. The van der Waals surface area contributed by atoms with Crippen LogP contribution in [-0.2, 0) is 4.84 Å². The first-order valence-corrected chi connectivity index (χ1v) is 4.96. The molecule has 0 aliphatic carbocycles. The summed E-state index contributed by atoms with van der Waals surface area (Å²) in [5, 5.41) is 2.06. The number of nitrogens with zero attached hydrogens (tertiary/aromatic N) is 2. The van der Waals surface area contributed by atoms with Gasteiger partial charge in [-0.1, -0.05) is 0 Å². The van der Waals surface area contributed by atoms with E-state index in [1.54, 1.807) is 0 Å². The van der Waals surface area contributed by atoms with Gasteiger partial charge >= 0.3 is 5.97 Å². The average Bonchev–Trinajstić information content (AvgIpc) is 2.40.